The van der Waals surface area contributed by atoms with E-state index >= 15 is 0 Å². The molecule has 0 aliphatic carbocycles. The molecule has 2 aromatic heterocycles. The molecule has 1 amide bonds. The molecule has 0 saturated carbocycles. The van der Waals surface area contributed by atoms with Gasteiger partial charge in [-0.3, -0.25) is 13.9 Å². The Labute approximate surface area is 303 Å². The van der Waals surface area contributed by atoms with E-state index < -0.39 is 15.6 Å². The summed E-state index contributed by atoms with van der Waals surface area (Å²) in [6.07, 6.45) is 3.65. The van der Waals surface area contributed by atoms with Crippen LogP contribution < -0.4 is 15.2 Å². The molecule has 50 heavy (non-hydrogen) atoms. The van der Waals surface area contributed by atoms with E-state index in [1.807, 2.05) is 38.1 Å². The number of carbonyl (C=O) groups is 1. The van der Waals surface area contributed by atoms with Crippen molar-refractivity contribution in [2.45, 2.75) is 56.6 Å². The molecule has 4 heterocycles. The largest absolute Gasteiger partial charge is 0.408 e. The number of sulfonamides is 1. The summed E-state index contributed by atoms with van der Waals surface area (Å²) in [5.41, 5.74) is 2.71. The number of hydrogen-bond donors (Lipinski definition) is 2. The maximum absolute atomic E-state index is 14.2. The number of benzene rings is 2. The number of H-pyrrole nitrogens is 1. The molecule has 2 aliphatic rings. The van der Waals surface area contributed by atoms with Crippen molar-refractivity contribution >= 4 is 58.8 Å². The van der Waals surface area contributed by atoms with Crippen LogP contribution in [0.15, 0.2) is 81.2 Å². The third-order valence-electron chi connectivity index (χ3n) is 8.49. The van der Waals surface area contributed by atoms with Gasteiger partial charge in [-0.15, -0.1) is 0 Å². The van der Waals surface area contributed by atoms with Crippen LogP contribution in [-0.2, 0) is 31.2 Å². The second-order valence-corrected chi connectivity index (χ2v) is 18.5. The topological polar surface area (TPSA) is 134 Å². The number of rotatable bonds is 8. The molecule has 4 aromatic rings. The number of hydrogen-bond acceptors (Lipinski definition) is 8. The number of anilines is 3. The fraction of sp³-hybridized carbons (Fsp3) is 0.361. The highest BCUT2D eigenvalue weighted by molar-refractivity contribution is 9.10. The Morgan fingerprint density at radius 1 is 1.04 bits per heavy atom. The molecular weight excluding hydrogens is 738 g/mol. The molecule has 0 unspecified atom stereocenters. The number of ether oxygens (including phenoxy) is 1. The van der Waals surface area contributed by atoms with Gasteiger partial charge in [0.15, 0.2) is 0 Å². The van der Waals surface area contributed by atoms with Crippen molar-refractivity contribution in [2.24, 2.45) is 0 Å². The molecule has 11 nitrogen and oxygen atoms in total. The molecule has 2 aliphatic heterocycles. The number of halogens is 1. The van der Waals surface area contributed by atoms with Crippen LogP contribution in [0, 0.1) is 0 Å². The van der Waals surface area contributed by atoms with Crippen LogP contribution in [0.4, 0.5) is 17.2 Å². The lowest BCUT2D eigenvalue weighted by Crippen LogP contribution is -2.40. The summed E-state index contributed by atoms with van der Waals surface area (Å²) < 4.78 is 42.7. The molecule has 262 valence electrons. The lowest BCUT2D eigenvalue weighted by atomic mass is 9.88. The molecule has 14 heteroatoms. The van der Waals surface area contributed by atoms with Crippen molar-refractivity contribution in [2.75, 3.05) is 42.5 Å². The van der Waals surface area contributed by atoms with Crippen LogP contribution in [0.25, 0.3) is 11.1 Å². The number of nitrogens with zero attached hydrogens (tertiary/aromatic N) is 3. The smallest absolute Gasteiger partial charge is 0.271 e. The predicted octanol–water partition coefficient (Wildman–Crippen LogP) is 6.26. The Balaban J connectivity index is 1.39. The molecule has 2 N–H and O–H groups in total. The standard InChI is InChI=1S/C36H40BrN5O6SSi/c1-35(2,3)50-48-36(4,5)32-27(7-6-8-29(32)42-14-13-23-19-26(37)10-11-30(23)49(42,45)46)25-20-28(33(43)39-22-25)40-31-12-9-24(21-38-31)34(44)41-15-17-47-18-16-41/h6-12,19-22H,13-18H2,1-5H3,(H,38,40)(H,39,43). The maximum atomic E-state index is 14.2. The van der Waals surface area contributed by atoms with E-state index in [2.05, 4.69) is 52.0 Å². The molecule has 0 bridgehead atoms. The summed E-state index contributed by atoms with van der Waals surface area (Å²) in [5.74, 6) is 0.267. The minimum absolute atomic E-state index is 0.122. The second kappa shape index (κ2) is 14.1. The van der Waals surface area contributed by atoms with Gasteiger partial charge in [-0.05, 0) is 78.9 Å². The highest BCUT2D eigenvalue weighted by Gasteiger charge is 2.38. The number of amides is 1. The van der Waals surface area contributed by atoms with Crippen molar-refractivity contribution in [3.8, 4) is 11.1 Å². The molecule has 1 fully saturated rings. The van der Waals surface area contributed by atoms with E-state index in [4.69, 9.17) is 9.16 Å². The molecule has 6 rings (SSSR count). The van der Waals surface area contributed by atoms with Gasteiger partial charge in [-0.25, -0.2) is 13.4 Å². The fourth-order valence-corrected chi connectivity index (χ4v) is 8.86. The van der Waals surface area contributed by atoms with Gasteiger partial charge in [-0.2, -0.15) is 0 Å². The predicted molar refractivity (Wildman–Crippen MR) is 199 cm³/mol. The number of morpholine rings is 1. The van der Waals surface area contributed by atoms with Gasteiger partial charge in [-0.1, -0.05) is 48.8 Å². The van der Waals surface area contributed by atoms with Gasteiger partial charge in [0, 0.05) is 47.6 Å². The summed E-state index contributed by atoms with van der Waals surface area (Å²) in [6.45, 7) is 12.5. The zero-order chi connectivity index (χ0) is 35.8. The van der Waals surface area contributed by atoms with Crippen molar-refractivity contribution in [3.63, 3.8) is 0 Å². The van der Waals surface area contributed by atoms with E-state index in [-0.39, 0.29) is 43.4 Å². The summed E-state index contributed by atoms with van der Waals surface area (Å²) in [5, 5.41) is 2.97. The van der Waals surface area contributed by atoms with Crippen LogP contribution in [0.2, 0.25) is 5.04 Å². The van der Waals surface area contributed by atoms with Crippen molar-refractivity contribution in [1.29, 1.82) is 0 Å². The highest BCUT2D eigenvalue weighted by Crippen LogP contribution is 2.44. The molecule has 0 spiro atoms. The minimum atomic E-state index is -3.90. The van der Waals surface area contributed by atoms with Gasteiger partial charge in [0.1, 0.15) is 11.5 Å². The SMILES string of the molecule is CC(C)(C)[Si]OC(C)(C)c1c(-c2c[nH]c(=O)c(Nc3ccc(C(=O)N4CCOCC4)cn3)c2)cccc1N1CCc2cc(Br)ccc2S1(=O)=O. The average molecular weight is 779 g/mol. The molecular formula is C36H40BrN5O6SSi. The number of pyridine rings is 2. The molecule has 2 aromatic carbocycles. The Bertz CT molecular complexity index is 2080. The fourth-order valence-electron chi connectivity index (χ4n) is 6.07. The van der Waals surface area contributed by atoms with Gasteiger partial charge >= 0.3 is 0 Å². The zero-order valence-corrected chi connectivity index (χ0v) is 32.1. The maximum Gasteiger partial charge on any atom is 0.271 e. The minimum Gasteiger partial charge on any atom is -0.408 e. The van der Waals surface area contributed by atoms with E-state index in [9.17, 15) is 18.0 Å². The average Bonchev–Trinajstić information content (AvgIpc) is 3.08. The van der Waals surface area contributed by atoms with Crippen LogP contribution in [0.3, 0.4) is 0 Å². The highest BCUT2D eigenvalue weighted by atomic mass is 79.9. The second-order valence-electron chi connectivity index (χ2n) is 13.8. The Morgan fingerprint density at radius 3 is 2.50 bits per heavy atom. The monoisotopic (exact) mass is 777 g/mol. The van der Waals surface area contributed by atoms with Gasteiger partial charge in [0.2, 0.25) is 9.76 Å². The van der Waals surface area contributed by atoms with Crippen molar-refractivity contribution < 1.29 is 22.4 Å². The van der Waals surface area contributed by atoms with E-state index in [1.54, 1.807) is 41.4 Å². The normalized spacial score (nSPS) is 16.2. The summed E-state index contributed by atoms with van der Waals surface area (Å²) in [6, 6.07) is 15.9. The first-order valence-corrected chi connectivity index (χ1v) is 19.5. The first kappa shape index (κ1) is 36.0. The zero-order valence-electron chi connectivity index (χ0n) is 28.7. The van der Waals surface area contributed by atoms with Gasteiger partial charge in [0.05, 0.1) is 35.0 Å². The third-order valence-corrected chi connectivity index (χ3v) is 12.1. The summed E-state index contributed by atoms with van der Waals surface area (Å²) >= 11 is 3.47. The van der Waals surface area contributed by atoms with E-state index in [0.29, 0.717) is 66.5 Å². The Morgan fingerprint density at radius 2 is 1.80 bits per heavy atom. The first-order valence-electron chi connectivity index (χ1n) is 16.4. The number of nitrogens with one attached hydrogen (secondary N) is 2. The van der Waals surface area contributed by atoms with Crippen LogP contribution >= 0.6 is 15.9 Å². The van der Waals surface area contributed by atoms with Crippen LogP contribution in [0.1, 0.15) is 56.1 Å². The number of fused-ring (bicyclic) bond motifs is 1. The Kier molecular flexibility index (Phi) is 10.1. The molecule has 0 atom stereocenters. The van der Waals surface area contributed by atoms with Crippen molar-refractivity contribution in [3.05, 3.63) is 98.5 Å². The van der Waals surface area contributed by atoms with Gasteiger partial charge < -0.3 is 24.4 Å². The van der Waals surface area contributed by atoms with Crippen LogP contribution in [-0.4, -0.2) is 71.8 Å². The molecule has 2 radical (unpaired) electrons. The number of aromatic amines is 1. The molecule has 1 saturated heterocycles. The van der Waals surface area contributed by atoms with Gasteiger partial charge in [0.25, 0.3) is 21.5 Å². The van der Waals surface area contributed by atoms with Crippen molar-refractivity contribution in [1.82, 2.24) is 14.9 Å². The first-order chi connectivity index (χ1) is 23.6. The number of aromatic nitrogens is 2. The summed E-state index contributed by atoms with van der Waals surface area (Å²) in [4.78, 5) is 35.2. The van der Waals surface area contributed by atoms with E-state index in [1.165, 1.54) is 10.5 Å². The Hall–Kier alpha value is -3.82. The van der Waals surface area contributed by atoms with Crippen LogP contribution in [0.5, 0.6) is 0 Å². The quantitative estimate of drug-likeness (QED) is 0.201. The third kappa shape index (κ3) is 7.59. The lowest BCUT2D eigenvalue weighted by Gasteiger charge is -2.37. The lowest BCUT2D eigenvalue weighted by molar-refractivity contribution is 0.0302. The number of carbonyl (C=O) groups excluding carboxylic acids is 1. The summed E-state index contributed by atoms with van der Waals surface area (Å²) in [7, 11) is -3.78. The van der Waals surface area contributed by atoms with E-state index in [0.717, 1.165) is 10.0 Å².